The Bertz CT molecular complexity index is 899. The summed E-state index contributed by atoms with van der Waals surface area (Å²) in [6.07, 6.45) is -0.0403. The molecule has 2 aromatic rings. The van der Waals surface area contributed by atoms with Gasteiger partial charge in [0, 0.05) is 12.1 Å². The fourth-order valence-electron chi connectivity index (χ4n) is 2.89. The van der Waals surface area contributed by atoms with Crippen LogP contribution in [0.2, 0.25) is 0 Å². The Balaban J connectivity index is 1.83. The standard InChI is InChI=1S/C21H24N2O6/c1-4-9-22-20(24)13-10-14(19(27-3)17(11-13)26-2)23-21(25)18-12-28-15-7-5-6-8-16(15)29-18/h5-8,10-11,18H,4,9,12H2,1-3H3,(H,22,24)(H,23,25). The number of fused-ring (bicyclic) bond motifs is 1. The lowest BCUT2D eigenvalue weighted by atomic mass is 10.1. The molecule has 0 radical (unpaired) electrons. The second kappa shape index (κ2) is 9.18. The molecule has 0 fully saturated rings. The maximum atomic E-state index is 12.8. The first-order chi connectivity index (χ1) is 14.1. The van der Waals surface area contributed by atoms with Gasteiger partial charge in [0.25, 0.3) is 11.8 Å². The van der Waals surface area contributed by atoms with Gasteiger partial charge in [-0.3, -0.25) is 9.59 Å². The first-order valence-electron chi connectivity index (χ1n) is 9.31. The minimum absolute atomic E-state index is 0.0684. The van der Waals surface area contributed by atoms with Crippen molar-refractivity contribution in [1.29, 1.82) is 0 Å². The van der Waals surface area contributed by atoms with Gasteiger partial charge >= 0.3 is 0 Å². The van der Waals surface area contributed by atoms with Crippen molar-refractivity contribution in [3.05, 3.63) is 42.0 Å². The molecule has 0 aromatic heterocycles. The molecule has 0 bridgehead atoms. The third kappa shape index (κ3) is 4.53. The molecule has 1 aliphatic rings. The lowest BCUT2D eigenvalue weighted by Gasteiger charge is -2.26. The van der Waals surface area contributed by atoms with E-state index in [9.17, 15) is 9.59 Å². The Labute approximate surface area is 169 Å². The second-order valence-electron chi connectivity index (χ2n) is 6.37. The van der Waals surface area contributed by atoms with E-state index in [1.54, 1.807) is 30.3 Å². The summed E-state index contributed by atoms with van der Waals surface area (Å²) < 4.78 is 22.1. The molecular weight excluding hydrogens is 376 g/mol. The van der Waals surface area contributed by atoms with Crippen molar-refractivity contribution in [2.45, 2.75) is 19.4 Å². The van der Waals surface area contributed by atoms with E-state index in [0.29, 0.717) is 40.8 Å². The molecule has 29 heavy (non-hydrogen) atoms. The zero-order valence-electron chi connectivity index (χ0n) is 16.6. The summed E-state index contributed by atoms with van der Waals surface area (Å²) in [6, 6.07) is 10.2. The number of benzene rings is 2. The number of hydrogen-bond donors (Lipinski definition) is 2. The number of methoxy groups -OCH3 is 2. The van der Waals surface area contributed by atoms with Gasteiger partial charge in [-0.15, -0.1) is 0 Å². The van der Waals surface area contributed by atoms with E-state index in [4.69, 9.17) is 18.9 Å². The molecule has 1 atom stereocenters. The zero-order chi connectivity index (χ0) is 20.8. The van der Waals surface area contributed by atoms with Crippen LogP contribution in [0.1, 0.15) is 23.7 Å². The van der Waals surface area contributed by atoms with Crippen LogP contribution < -0.4 is 29.6 Å². The normalized spacial score (nSPS) is 14.7. The Morgan fingerprint density at radius 1 is 1.14 bits per heavy atom. The van der Waals surface area contributed by atoms with Crippen molar-refractivity contribution in [2.24, 2.45) is 0 Å². The third-order valence-corrected chi connectivity index (χ3v) is 4.34. The van der Waals surface area contributed by atoms with Crippen LogP contribution in [0.15, 0.2) is 36.4 Å². The number of rotatable bonds is 7. The highest BCUT2D eigenvalue weighted by molar-refractivity contribution is 6.00. The van der Waals surface area contributed by atoms with Crippen LogP contribution in [0, 0.1) is 0 Å². The molecule has 8 heteroatoms. The van der Waals surface area contributed by atoms with Crippen LogP contribution in [-0.4, -0.2) is 45.3 Å². The average Bonchev–Trinajstić information content (AvgIpc) is 2.76. The lowest BCUT2D eigenvalue weighted by Crippen LogP contribution is -2.40. The van der Waals surface area contributed by atoms with Gasteiger partial charge in [-0.05, 0) is 30.7 Å². The molecule has 0 saturated carbocycles. The monoisotopic (exact) mass is 400 g/mol. The maximum absolute atomic E-state index is 12.8. The first-order valence-corrected chi connectivity index (χ1v) is 9.31. The number of carbonyl (C=O) groups is 2. The van der Waals surface area contributed by atoms with E-state index in [2.05, 4.69) is 10.6 Å². The predicted molar refractivity (Wildman–Crippen MR) is 107 cm³/mol. The van der Waals surface area contributed by atoms with Gasteiger partial charge in [0.2, 0.25) is 6.10 Å². The highest BCUT2D eigenvalue weighted by atomic mass is 16.6. The van der Waals surface area contributed by atoms with Crippen LogP contribution in [0.4, 0.5) is 5.69 Å². The van der Waals surface area contributed by atoms with Crippen molar-refractivity contribution in [1.82, 2.24) is 5.32 Å². The number of nitrogens with one attached hydrogen (secondary N) is 2. The summed E-state index contributed by atoms with van der Waals surface area (Å²) in [4.78, 5) is 25.2. The minimum atomic E-state index is -0.849. The van der Waals surface area contributed by atoms with Crippen LogP contribution in [0.3, 0.4) is 0 Å². The lowest BCUT2D eigenvalue weighted by molar-refractivity contribution is -0.125. The molecule has 1 aliphatic heterocycles. The van der Waals surface area contributed by atoms with Crippen molar-refractivity contribution in [3.63, 3.8) is 0 Å². The van der Waals surface area contributed by atoms with E-state index < -0.39 is 12.0 Å². The van der Waals surface area contributed by atoms with E-state index in [-0.39, 0.29) is 12.5 Å². The number of carbonyl (C=O) groups excluding carboxylic acids is 2. The number of hydrogen-bond acceptors (Lipinski definition) is 6. The van der Waals surface area contributed by atoms with Crippen molar-refractivity contribution in [2.75, 3.05) is 32.7 Å². The summed E-state index contributed by atoms with van der Waals surface area (Å²) in [5, 5.41) is 5.56. The summed E-state index contributed by atoms with van der Waals surface area (Å²) in [5.74, 6) is 1.03. The maximum Gasteiger partial charge on any atom is 0.269 e. The highest BCUT2D eigenvalue weighted by Crippen LogP contribution is 2.37. The van der Waals surface area contributed by atoms with Gasteiger partial charge in [-0.1, -0.05) is 19.1 Å². The van der Waals surface area contributed by atoms with Crippen LogP contribution in [-0.2, 0) is 4.79 Å². The molecular formula is C21H24N2O6. The van der Waals surface area contributed by atoms with Gasteiger partial charge < -0.3 is 29.6 Å². The quantitative estimate of drug-likeness (QED) is 0.742. The molecule has 154 valence electrons. The fourth-order valence-corrected chi connectivity index (χ4v) is 2.89. The zero-order valence-corrected chi connectivity index (χ0v) is 16.6. The first kappa shape index (κ1) is 20.3. The molecule has 0 aliphatic carbocycles. The van der Waals surface area contributed by atoms with Crippen LogP contribution in [0.25, 0.3) is 0 Å². The van der Waals surface area contributed by atoms with Crippen LogP contribution in [0.5, 0.6) is 23.0 Å². The molecule has 2 amide bonds. The Hall–Kier alpha value is -3.42. The van der Waals surface area contributed by atoms with Gasteiger partial charge in [0.1, 0.15) is 6.61 Å². The molecule has 0 spiro atoms. The van der Waals surface area contributed by atoms with Gasteiger partial charge in [-0.2, -0.15) is 0 Å². The van der Waals surface area contributed by atoms with Gasteiger partial charge in [0.15, 0.2) is 23.0 Å². The van der Waals surface area contributed by atoms with E-state index >= 15 is 0 Å². The molecule has 8 nitrogen and oxygen atoms in total. The Morgan fingerprint density at radius 3 is 2.59 bits per heavy atom. The summed E-state index contributed by atoms with van der Waals surface area (Å²) >= 11 is 0. The average molecular weight is 400 g/mol. The fraction of sp³-hybridized carbons (Fsp3) is 0.333. The largest absolute Gasteiger partial charge is 0.493 e. The minimum Gasteiger partial charge on any atom is -0.493 e. The van der Waals surface area contributed by atoms with E-state index in [1.165, 1.54) is 14.2 Å². The van der Waals surface area contributed by atoms with E-state index in [1.807, 2.05) is 13.0 Å². The van der Waals surface area contributed by atoms with E-state index in [0.717, 1.165) is 6.42 Å². The molecule has 1 unspecified atom stereocenters. The SMILES string of the molecule is CCCNC(=O)c1cc(NC(=O)C2COc3ccccc3O2)c(OC)c(OC)c1. The Kier molecular flexibility index (Phi) is 6.43. The molecule has 2 N–H and O–H groups in total. The number of amides is 2. The molecule has 2 aromatic carbocycles. The predicted octanol–water partition coefficient (Wildman–Crippen LogP) is 2.62. The highest BCUT2D eigenvalue weighted by Gasteiger charge is 2.28. The topological polar surface area (TPSA) is 95.1 Å². The summed E-state index contributed by atoms with van der Waals surface area (Å²) in [6.45, 7) is 2.57. The summed E-state index contributed by atoms with van der Waals surface area (Å²) in [7, 11) is 2.92. The number of para-hydroxylation sites is 2. The van der Waals surface area contributed by atoms with Crippen molar-refractivity contribution >= 4 is 17.5 Å². The molecule has 3 rings (SSSR count). The van der Waals surface area contributed by atoms with Crippen molar-refractivity contribution < 1.29 is 28.5 Å². The smallest absolute Gasteiger partial charge is 0.269 e. The number of anilines is 1. The summed E-state index contributed by atoms with van der Waals surface area (Å²) in [5.41, 5.74) is 0.651. The number of ether oxygens (including phenoxy) is 4. The Morgan fingerprint density at radius 2 is 1.90 bits per heavy atom. The van der Waals surface area contributed by atoms with Gasteiger partial charge in [0.05, 0.1) is 19.9 Å². The van der Waals surface area contributed by atoms with Crippen molar-refractivity contribution in [3.8, 4) is 23.0 Å². The molecule has 1 heterocycles. The second-order valence-corrected chi connectivity index (χ2v) is 6.37. The third-order valence-electron chi connectivity index (χ3n) is 4.34. The van der Waals surface area contributed by atoms with Crippen LogP contribution >= 0.6 is 0 Å². The molecule has 0 saturated heterocycles. The van der Waals surface area contributed by atoms with Gasteiger partial charge in [-0.25, -0.2) is 0 Å².